The van der Waals surface area contributed by atoms with E-state index in [9.17, 15) is 0 Å². The largest absolute Gasteiger partial charge is 0.0616 e. The van der Waals surface area contributed by atoms with E-state index >= 15 is 0 Å². The van der Waals surface area contributed by atoms with Crippen LogP contribution < -0.4 is 0 Å². The van der Waals surface area contributed by atoms with Crippen LogP contribution in [0.15, 0.2) is 97.1 Å². The van der Waals surface area contributed by atoms with Crippen molar-refractivity contribution in [3.05, 3.63) is 97.1 Å². The monoisotopic (exact) mass is 352 g/mol. The molecular formula is C28H16. The quantitative estimate of drug-likeness (QED) is 0.263. The Balaban J connectivity index is 1.73. The first-order chi connectivity index (χ1) is 13.9. The van der Waals surface area contributed by atoms with E-state index in [-0.39, 0.29) is 0 Å². The van der Waals surface area contributed by atoms with Gasteiger partial charge in [0.1, 0.15) is 0 Å². The van der Waals surface area contributed by atoms with Crippen LogP contribution in [0.1, 0.15) is 0 Å². The predicted molar refractivity (Wildman–Crippen MR) is 121 cm³/mol. The molecule has 0 radical (unpaired) electrons. The van der Waals surface area contributed by atoms with E-state index in [2.05, 4.69) is 97.1 Å². The number of fused-ring (bicyclic) bond motifs is 2. The normalized spacial score (nSPS) is 12.3. The molecule has 1 aliphatic carbocycles. The molecular weight excluding hydrogens is 336 g/mol. The zero-order chi connectivity index (χ0) is 18.2. The van der Waals surface area contributed by atoms with Crippen molar-refractivity contribution in [2.75, 3.05) is 0 Å². The van der Waals surface area contributed by atoms with Crippen LogP contribution in [0.3, 0.4) is 0 Å². The van der Waals surface area contributed by atoms with Crippen molar-refractivity contribution >= 4 is 43.1 Å². The minimum absolute atomic E-state index is 1.29. The lowest BCUT2D eigenvalue weighted by molar-refractivity contribution is 1.68. The van der Waals surface area contributed by atoms with Gasteiger partial charge >= 0.3 is 0 Å². The number of rotatable bonds is 1. The Morgan fingerprint density at radius 1 is 0.321 bits per heavy atom. The van der Waals surface area contributed by atoms with E-state index in [1.807, 2.05) is 0 Å². The maximum absolute atomic E-state index is 2.32. The summed E-state index contributed by atoms with van der Waals surface area (Å²) in [7, 11) is 0. The van der Waals surface area contributed by atoms with Gasteiger partial charge in [-0.3, -0.25) is 0 Å². The smallest absolute Gasteiger partial charge is 0.00137 e. The van der Waals surface area contributed by atoms with Gasteiger partial charge in [0.2, 0.25) is 0 Å². The summed E-state index contributed by atoms with van der Waals surface area (Å²) in [6.07, 6.45) is 0. The van der Waals surface area contributed by atoms with Gasteiger partial charge in [-0.1, -0.05) is 97.1 Å². The molecule has 1 aliphatic rings. The Kier molecular flexibility index (Phi) is 2.57. The Morgan fingerprint density at radius 3 is 1.79 bits per heavy atom. The van der Waals surface area contributed by atoms with Crippen LogP contribution >= 0.6 is 0 Å². The highest BCUT2D eigenvalue weighted by atomic mass is 14.3. The Bertz CT molecular complexity index is 1590. The van der Waals surface area contributed by atoms with Gasteiger partial charge in [-0.25, -0.2) is 0 Å². The predicted octanol–water partition coefficient (Wildman–Crippen LogP) is 7.95. The molecule has 0 unspecified atom stereocenters. The van der Waals surface area contributed by atoms with Crippen LogP contribution in [-0.2, 0) is 0 Å². The summed E-state index contributed by atoms with van der Waals surface area (Å²) in [5, 5.41) is 10.8. The summed E-state index contributed by atoms with van der Waals surface area (Å²) >= 11 is 0. The summed E-state index contributed by atoms with van der Waals surface area (Å²) in [5.41, 5.74) is 5.42. The van der Waals surface area contributed by atoms with E-state index in [0.29, 0.717) is 0 Å². The van der Waals surface area contributed by atoms with Crippen molar-refractivity contribution in [2.24, 2.45) is 0 Å². The summed E-state index contributed by atoms with van der Waals surface area (Å²) in [5.74, 6) is 0. The number of benzene rings is 6. The van der Waals surface area contributed by atoms with Crippen LogP contribution in [0.5, 0.6) is 0 Å². The van der Waals surface area contributed by atoms with Crippen molar-refractivity contribution < 1.29 is 0 Å². The lowest BCUT2D eigenvalue weighted by atomic mass is 9.90. The molecule has 0 heteroatoms. The third-order valence-electron chi connectivity index (χ3n) is 6.36. The molecule has 28 heavy (non-hydrogen) atoms. The summed E-state index contributed by atoms with van der Waals surface area (Å²) in [4.78, 5) is 0. The second-order valence-corrected chi connectivity index (χ2v) is 7.75. The zero-order valence-electron chi connectivity index (χ0n) is 15.2. The highest BCUT2D eigenvalue weighted by Crippen LogP contribution is 2.51. The van der Waals surface area contributed by atoms with Gasteiger partial charge in [-0.2, -0.15) is 0 Å². The molecule has 0 atom stereocenters. The second kappa shape index (κ2) is 4.99. The Morgan fingerprint density at radius 2 is 0.929 bits per heavy atom. The fourth-order valence-corrected chi connectivity index (χ4v) is 5.18. The van der Waals surface area contributed by atoms with Crippen LogP contribution in [0.2, 0.25) is 0 Å². The molecule has 128 valence electrons. The zero-order valence-corrected chi connectivity index (χ0v) is 15.2. The van der Waals surface area contributed by atoms with Gasteiger partial charge in [-0.05, 0) is 65.3 Å². The van der Waals surface area contributed by atoms with Gasteiger partial charge < -0.3 is 0 Å². The van der Waals surface area contributed by atoms with Gasteiger partial charge in [0.15, 0.2) is 0 Å². The minimum Gasteiger partial charge on any atom is -0.0616 e. The minimum atomic E-state index is 1.29. The van der Waals surface area contributed by atoms with Crippen LogP contribution in [0, 0.1) is 0 Å². The first-order valence-electron chi connectivity index (χ1n) is 9.80. The van der Waals surface area contributed by atoms with Crippen molar-refractivity contribution in [3.8, 4) is 22.3 Å². The average molecular weight is 352 g/mol. The van der Waals surface area contributed by atoms with Crippen molar-refractivity contribution in [3.63, 3.8) is 0 Å². The topological polar surface area (TPSA) is 0 Å². The molecule has 0 N–H and O–H groups in total. The molecule has 0 aromatic heterocycles. The standard InChI is InChI=1S/C28H16/c1-2-8-21-17(5-1)6-3-9-22(21)23-16-15-20-14-13-19-12-11-18-7-4-10-24-25(18)26(19)27(20)28(23)24/h1-16H. The van der Waals surface area contributed by atoms with Crippen LogP contribution in [0.4, 0.5) is 0 Å². The van der Waals surface area contributed by atoms with Crippen LogP contribution in [-0.4, -0.2) is 0 Å². The molecule has 0 saturated carbocycles. The second-order valence-electron chi connectivity index (χ2n) is 7.75. The molecule has 0 saturated heterocycles. The fraction of sp³-hybridized carbons (Fsp3) is 0. The maximum Gasteiger partial charge on any atom is -0.00137 e. The highest BCUT2D eigenvalue weighted by molar-refractivity contribution is 6.34. The molecule has 0 nitrogen and oxygen atoms in total. The lowest BCUT2D eigenvalue weighted by Gasteiger charge is -2.13. The molecule has 6 aromatic rings. The van der Waals surface area contributed by atoms with Crippen molar-refractivity contribution in [1.82, 2.24) is 0 Å². The summed E-state index contributed by atoms with van der Waals surface area (Å²) < 4.78 is 0. The molecule has 0 amide bonds. The Labute approximate surface area is 162 Å². The first kappa shape index (κ1) is 14.4. The molecule has 0 bridgehead atoms. The molecule has 0 heterocycles. The molecule has 0 aliphatic heterocycles. The third kappa shape index (κ3) is 1.66. The molecule has 6 aromatic carbocycles. The Hall–Kier alpha value is -3.64. The SMILES string of the molecule is c1ccc2c(-c3ccc4ccc5ccc6cccc7c6c5c4c3-7)cccc2c1. The van der Waals surface area contributed by atoms with Crippen LogP contribution in [0.25, 0.3) is 65.3 Å². The summed E-state index contributed by atoms with van der Waals surface area (Å²) in [6, 6.07) is 35.7. The van der Waals surface area contributed by atoms with Gasteiger partial charge in [0.25, 0.3) is 0 Å². The highest BCUT2D eigenvalue weighted by Gasteiger charge is 2.23. The van der Waals surface area contributed by atoms with Gasteiger partial charge in [-0.15, -0.1) is 0 Å². The number of hydrogen-bond acceptors (Lipinski definition) is 0. The van der Waals surface area contributed by atoms with Gasteiger partial charge in [0.05, 0.1) is 0 Å². The first-order valence-corrected chi connectivity index (χ1v) is 9.80. The maximum atomic E-state index is 2.32. The number of hydrogen-bond donors (Lipinski definition) is 0. The average Bonchev–Trinajstić information content (AvgIpc) is 3.12. The molecule has 0 spiro atoms. The molecule has 7 rings (SSSR count). The van der Waals surface area contributed by atoms with E-state index in [1.54, 1.807) is 0 Å². The van der Waals surface area contributed by atoms with E-state index in [4.69, 9.17) is 0 Å². The lowest BCUT2D eigenvalue weighted by Crippen LogP contribution is -1.86. The fourth-order valence-electron chi connectivity index (χ4n) is 5.18. The van der Waals surface area contributed by atoms with E-state index in [1.165, 1.54) is 65.3 Å². The van der Waals surface area contributed by atoms with Crippen molar-refractivity contribution in [2.45, 2.75) is 0 Å². The van der Waals surface area contributed by atoms with E-state index < -0.39 is 0 Å². The molecule has 0 fully saturated rings. The van der Waals surface area contributed by atoms with E-state index in [0.717, 1.165) is 0 Å². The third-order valence-corrected chi connectivity index (χ3v) is 6.36. The van der Waals surface area contributed by atoms with Gasteiger partial charge in [0, 0.05) is 0 Å². The van der Waals surface area contributed by atoms with Crippen molar-refractivity contribution in [1.29, 1.82) is 0 Å². The summed E-state index contributed by atoms with van der Waals surface area (Å²) in [6.45, 7) is 0.